The van der Waals surface area contributed by atoms with Gasteiger partial charge in [0.15, 0.2) is 0 Å². The van der Waals surface area contributed by atoms with Gasteiger partial charge in [-0.2, -0.15) is 0 Å². The number of hydrogen-bond donors (Lipinski definition) is 2. The van der Waals surface area contributed by atoms with Gasteiger partial charge in [-0.1, -0.05) is 24.3 Å². The molecule has 5 nitrogen and oxygen atoms in total. The molecule has 0 radical (unpaired) electrons. The van der Waals surface area contributed by atoms with Gasteiger partial charge in [0.2, 0.25) is 10.0 Å². The molecule has 0 saturated carbocycles. The molecule has 2 aromatic rings. The minimum Gasteiger partial charge on any atom is -0.398 e. The van der Waals surface area contributed by atoms with E-state index in [1.165, 1.54) is 0 Å². The number of sulfonamides is 1. The first-order chi connectivity index (χ1) is 9.57. The molecule has 1 aromatic heterocycles. The zero-order valence-corrected chi connectivity index (χ0v) is 11.8. The summed E-state index contributed by atoms with van der Waals surface area (Å²) in [5.74, 6) is -0.104. The van der Waals surface area contributed by atoms with Crippen molar-refractivity contribution in [1.29, 1.82) is 0 Å². The van der Waals surface area contributed by atoms with Crippen LogP contribution in [0.4, 0.5) is 5.69 Å². The number of nitrogen functional groups attached to an aromatic ring is 1. The first-order valence-electron chi connectivity index (χ1n) is 6.26. The third kappa shape index (κ3) is 4.32. The molecule has 1 heterocycles. The Hall–Kier alpha value is -1.92. The van der Waals surface area contributed by atoms with Crippen molar-refractivity contribution in [3.63, 3.8) is 0 Å². The Labute approximate surface area is 118 Å². The van der Waals surface area contributed by atoms with Crippen molar-refractivity contribution >= 4 is 15.7 Å². The lowest BCUT2D eigenvalue weighted by atomic mass is 10.2. The summed E-state index contributed by atoms with van der Waals surface area (Å²) in [6.07, 6.45) is 4.02. The lowest BCUT2D eigenvalue weighted by Crippen LogP contribution is -2.27. The summed E-state index contributed by atoms with van der Waals surface area (Å²) in [6, 6.07) is 10.7. The lowest BCUT2D eigenvalue weighted by Gasteiger charge is -2.08. The Morgan fingerprint density at radius 2 is 1.95 bits per heavy atom. The third-order valence-electron chi connectivity index (χ3n) is 2.86. The molecule has 0 saturated heterocycles. The van der Waals surface area contributed by atoms with Crippen LogP contribution in [0.5, 0.6) is 0 Å². The van der Waals surface area contributed by atoms with Gasteiger partial charge in [-0.05, 0) is 29.7 Å². The molecular formula is C14H17N3O2S. The van der Waals surface area contributed by atoms with Crippen molar-refractivity contribution in [2.75, 3.05) is 12.3 Å². The second-order valence-corrected chi connectivity index (χ2v) is 6.27. The Kier molecular flexibility index (Phi) is 4.70. The van der Waals surface area contributed by atoms with Gasteiger partial charge in [-0.3, -0.25) is 4.98 Å². The van der Waals surface area contributed by atoms with Gasteiger partial charge >= 0.3 is 0 Å². The van der Waals surface area contributed by atoms with Crippen LogP contribution in [-0.2, 0) is 22.2 Å². The van der Waals surface area contributed by atoms with Crippen LogP contribution >= 0.6 is 0 Å². The number of benzene rings is 1. The predicted octanol–water partition coefficient (Wildman–Crippen LogP) is 1.33. The summed E-state index contributed by atoms with van der Waals surface area (Å²) in [6.45, 7) is 0.348. The van der Waals surface area contributed by atoms with Gasteiger partial charge in [0, 0.05) is 24.6 Å². The lowest BCUT2D eigenvalue weighted by molar-refractivity contribution is 0.581. The topological polar surface area (TPSA) is 85.1 Å². The molecule has 0 bridgehead atoms. The van der Waals surface area contributed by atoms with Gasteiger partial charge in [0.1, 0.15) is 0 Å². The molecule has 6 heteroatoms. The summed E-state index contributed by atoms with van der Waals surface area (Å²) >= 11 is 0. The molecular weight excluding hydrogens is 274 g/mol. The van der Waals surface area contributed by atoms with E-state index in [0.717, 1.165) is 5.56 Å². The van der Waals surface area contributed by atoms with E-state index in [9.17, 15) is 8.42 Å². The van der Waals surface area contributed by atoms with Crippen molar-refractivity contribution in [3.8, 4) is 0 Å². The highest BCUT2D eigenvalue weighted by atomic mass is 32.2. The quantitative estimate of drug-likeness (QED) is 0.786. The fourth-order valence-corrected chi connectivity index (χ4v) is 3.01. The summed E-state index contributed by atoms with van der Waals surface area (Å²) in [5.41, 5.74) is 7.85. The Bertz CT molecular complexity index is 657. The number of anilines is 1. The molecule has 1 aromatic carbocycles. The maximum absolute atomic E-state index is 12.0. The summed E-state index contributed by atoms with van der Waals surface area (Å²) in [7, 11) is -3.38. The van der Waals surface area contributed by atoms with Crippen molar-refractivity contribution in [2.45, 2.75) is 12.2 Å². The van der Waals surface area contributed by atoms with Crippen LogP contribution in [0.1, 0.15) is 11.1 Å². The predicted molar refractivity (Wildman–Crippen MR) is 79.4 cm³/mol. The van der Waals surface area contributed by atoms with Gasteiger partial charge < -0.3 is 5.73 Å². The number of nitrogens with one attached hydrogen (secondary N) is 1. The van der Waals surface area contributed by atoms with Gasteiger partial charge in [-0.25, -0.2) is 13.1 Å². The first kappa shape index (κ1) is 14.5. The first-order valence-corrected chi connectivity index (χ1v) is 7.92. The second kappa shape index (κ2) is 6.49. The van der Waals surface area contributed by atoms with Crippen molar-refractivity contribution < 1.29 is 8.42 Å². The zero-order valence-electron chi connectivity index (χ0n) is 11.0. The molecule has 0 spiro atoms. The number of rotatable bonds is 6. The standard InChI is InChI=1S/C14H17N3O2S/c15-14-6-2-1-5-13(14)11-20(18,19)17-9-7-12-4-3-8-16-10-12/h1-6,8,10,17H,7,9,11,15H2. The van der Waals surface area contributed by atoms with E-state index in [4.69, 9.17) is 5.73 Å². The Morgan fingerprint density at radius 3 is 2.65 bits per heavy atom. The molecule has 0 aliphatic carbocycles. The van der Waals surface area contributed by atoms with Crippen molar-refractivity contribution in [3.05, 3.63) is 59.9 Å². The Morgan fingerprint density at radius 1 is 1.15 bits per heavy atom. The van der Waals surface area contributed by atoms with E-state index >= 15 is 0 Å². The van der Waals surface area contributed by atoms with Gasteiger partial charge in [0.05, 0.1) is 5.75 Å². The number of nitrogens with zero attached hydrogens (tertiary/aromatic N) is 1. The average molecular weight is 291 g/mol. The second-order valence-electron chi connectivity index (χ2n) is 4.46. The Balaban J connectivity index is 1.90. The fraction of sp³-hybridized carbons (Fsp3) is 0.214. The molecule has 0 unspecified atom stereocenters. The van der Waals surface area contributed by atoms with Crippen LogP contribution in [0, 0.1) is 0 Å². The number of pyridine rings is 1. The molecule has 0 aliphatic rings. The molecule has 2 rings (SSSR count). The highest BCUT2D eigenvalue weighted by Crippen LogP contribution is 2.13. The number of nitrogens with two attached hydrogens (primary N) is 1. The van der Waals surface area contributed by atoms with Gasteiger partial charge in [-0.15, -0.1) is 0 Å². The number of hydrogen-bond acceptors (Lipinski definition) is 4. The van der Waals surface area contributed by atoms with E-state index in [1.54, 1.807) is 36.7 Å². The van der Waals surface area contributed by atoms with E-state index in [0.29, 0.717) is 24.2 Å². The van der Waals surface area contributed by atoms with Gasteiger partial charge in [0.25, 0.3) is 0 Å². The van der Waals surface area contributed by atoms with Crippen LogP contribution < -0.4 is 10.5 Å². The summed E-state index contributed by atoms with van der Waals surface area (Å²) in [5, 5.41) is 0. The summed E-state index contributed by atoms with van der Waals surface area (Å²) < 4.78 is 26.5. The normalized spacial score (nSPS) is 11.4. The van der Waals surface area contributed by atoms with Crippen LogP contribution in [0.15, 0.2) is 48.8 Å². The molecule has 3 N–H and O–H groups in total. The monoisotopic (exact) mass is 291 g/mol. The molecule has 0 fully saturated rings. The average Bonchev–Trinajstić information content (AvgIpc) is 2.42. The molecule has 106 valence electrons. The third-order valence-corrected chi connectivity index (χ3v) is 4.19. The highest BCUT2D eigenvalue weighted by molar-refractivity contribution is 7.88. The SMILES string of the molecule is Nc1ccccc1CS(=O)(=O)NCCc1cccnc1. The molecule has 0 aliphatic heterocycles. The maximum atomic E-state index is 12.0. The molecule has 0 amide bonds. The van der Waals surface area contributed by atoms with E-state index in [-0.39, 0.29) is 5.75 Å². The number of aromatic nitrogens is 1. The van der Waals surface area contributed by atoms with Crippen LogP contribution in [0.3, 0.4) is 0 Å². The van der Waals surface area contributed by atoms with E-state index in [2.05, 4.69) is 9.71 Å². The number of para-hydroxylation sites is 1. The van der Waals surface area contributed by atoms with Crippen LogP contribution in [0.25, 0.3) is 0 Å². The largest absolute Gasteiger partial charge is 0.398 e. The van der Waals surface area contributed by atoms with Crippen LogP contribution in [0.2, 0.25) is 0 Å². The molecule has 20 heavy (non-hydrogen) atoms. The zero-order chi connectivity index (χ0) is 14.4. The smallest absolute Gasteiger partial charge is 0.215 e. The van der Waals surface area contributed by atoms with Crippen molar-refractivity contribution in [2.24, 2.45) is 0 Å². The molecule has 0 atom stereocenters. The highest BCUT2D eigenvalue weighted by Gasteiger charge is 2.12. The maximum Gasteiger partial charge on any atom is 0.215 e. The van der Waals surface area contributed by atoms with Crippen molar-refractivity contribution in [1.82, 2.24) is 9.71 Å². The van der Waals surface area contributed by atoms with E-state index < -0.39 is 10.0 Å². The summed E-state index contributed by atoms with van der Waals surface area (Å²) in [4.78, 5) is 3.99. The van der Waals surface area contributed by atoms with Crippen LogP contribution in [-0.4, -0.2) is 19.9 Å². The fourth-order valence-electron chi connectivity index (χ4n) is 1.82. The minimum absolute atomic E-state index is 0.104. The van der Waals surface area contributed by atoms with E-state index in [1.807, 2.05) is 12.1 Å². The minimum atomic E-state index is -3.38.